The molecule has 70 valence electrons. The zero-order valence-electron chi connectivity index (χ0n) is 7.51. The van der Waals surface area contributed by atoms with Gasteiger partial charge in [0.2, 0.25) is 0 Å². The number of nitrogens with zero attached hydrogens (tertiary/aromatic N) is 1. The molecule has 14 heavy (non-hydrogen) atoms. The zero-order valence-corrected chi connectivity index (χ0v) is 7.51. The molecule has 0 aliphatic carbocycles. The van der Waals surface area contributed by atoms with Crippen molar-refractivity contribution in [3.8, 4) is 6.07 Å². The predicted molar refractivity (Wildman–Crippen MR) is 50.6 cm³/mol. The number of benzene rings is 1. The molecule has 0 radical (unpaired) electrons. The smallest absolute Gasteiger partial charge is 0.164 e. The number of hydrogen-bond acceptors (Lipinski definition) is 3. The van der Waals surface area contributed by atoms with E-state index >= 15 is 0 Å². The zero-order chi connectivity index (χ0) is 10.4. The summed E-state index contributed by atoms with van der Waals surface area (Å²) in [6.45, 7) is 0. The summed E-state index contributed by atoms with van der Waals surface area (Å²) < 4.78 is 0. The van der Waals surface area contributed by atoms with Crippen molar-refractivity contribution in [1.82, 2.24) is 0 Å². The van der Waals surface area contributed by atoms with Gasteiger partial charge in [0.05, 0.1) is 6.07 Å². The van der Waals surface area contributed by atoms with E-state index in [0.717, 1.165) is 0 Å². The van der Waals surface area contributed by atoms with Crippen molar-refractivity contribution in [3.05, 3.63) is 35.9 Å². The summed E-state index contributed by atoms with van der Waals surface area (Å²) in [5.74, 6) is -1.01. The van der Waals surface area contributed by atoms with Gasteiger partial charge in [-0.1, -0.05) is 30.3 Å². The van der Waals surface area contributed by atoms with Crippen molar-refractivity contribution in [3.63, 3.8) is 0 Å². The van der Waals surface area contributed by atoms with Gasteiger partial charge >= 0.3 is 0 Å². The Morgan fingerprint density at radius 3 is 2.57 bits per heavy atom. The van der Waals surface area contributed by atoms with Gasteiger partial charge in [0.1, 0.15) is 12.2 Å². The predicted octanol–water partition coefficient (Wildman–Crippen LogP) is 1.60. The molecule has 0 saturated heterocycles. The number of nitriles is 1. The Balaban J connectivity index is 2.69. The van der Waals surface area contributed by atoms with Gasteiger partial charge in [-0.2, -0.15) is 5.26 Å². The summed E-state index contributed by atoms with van der Waals surface area (Å²) in [7, 11) is 0. The third-order valence-electron chi connectivity index (χ3n) is 1.83. The first-order valence-electron chi connectivity index (χ1n) is 4.21. The van der Waals surface area contributed by atoms with Crippen LogP contribution >= 0.6 is 0 Å². The SMILES string of the molecule is N#CC(C=O)CC(=O)c1ccccc1. The fourth-order valence-corrected chi connectivity index (χ4v) is 1.07. The molecular weight excluding hydrogens is 178 g/mol. The van der Waals surface area contributed by atoms with Crippen LogP contribution in [0.3, 0.4) is 0 Å². The first-order valence-corrected chi connectivity index (χ1v) is 4.21. The lowest BCUT2D eigenvalue weighted by atomic mass is 10.0. The quantitative estimate of drug-likeness (QED) is 0.531. The molecule has 3 nitrogen and oxygen atoms in total. The van der Waals surface area contributed by atoms with Gasteiger partial charge in [0, 0.05) is 12.0 Å². The van der Waals surface area contributed by atoms with Crippen LogP contribution in [0.15, 0.2) is 30.3 Å². The van der Waals surface area contributed by atoms with Gasteiger partial charge in [-0.15, -0.1) is 0 Å². The van der Waals surface area contributed by atoms with E-state index in [9.17, 15) is 9.59 Å². The van der Waals surface area contributed by atoms with Gasteiger partial charge in [-0.05, 0) is 0 Å². The second kappa shape index (κ2) is 4.93. The molecule has 0 aromatic heterocycles. The molecule has 1 aromatic rings. The minimum Gasteiger partial charge on any atom is -0.302 e. The van der Waals surface area contributed by atoms with Crippen molar-refractivity contribution in [2.45, 2.75) is 6.42 Å². The Kier molecular flexibility index (Phi) is 3.57. The molecule has 0 amide bonds. The molecule has 0 aliphatic rings. The lowest BCUT2D eigenvalue weighted by Gasteiger charge is -2.00. The summed E-state index contributed by atoms with van der Waals surface area (Å²) in [6, 6.07) is 10.4. The number of hydrogen-bond donors (Lipinski definition) is 0. The van der Waals surface area contributed by atoms with Crippen LogP contribution in [0.25, 0.3) is 0 Å². The third-order valence-corrected chi connectivity index (χ3v) is 1.83. The molecule has 0 fully saturated rings. The molecule has 3 heteroatoms. The molecule has 1 unspecified atom stereocenters. The van der Waals surface area contributed by atoms with Crippen LogP contribution in [-0.4, -0.2) is 12.1 Å². The Morgan fingerprint density at radius 2 is 2.07 bits per heavy atom. The highest BCUT2D eigenvalue weighted by Crippen LogP contribution is 2.07. The van der Waals surface area contributed by atoms with E-state index < -0.39 is 5.92 Å². The van der Waals surface area contributed by atoms with Gasteiger partial charge in [0.15, 0.2) is 5.78 Å². The van der Waals surface area contributed by atoms with E-state index in [0.29, 0.717) is 11.8 Å². The van der Waals surface area contributed by atoms with Gasteiger partial charge in [0.25, 0.3) is 0 Å². The summed E-state index contributed by atoms with van der Waals surface area (Å²) in [5, 5.41) is 8.49. The monoisotopic (exact) mass is 187 g/mol. The number of carbonyl (C=O) groups is 2. The highest BCUT2D eigenvalue weighted by atomic mass is 16.1. The maximum absolute atomic E-state index is 11.5. The number of carbonyl (C=O) groups excluding carboxylic acids is 2. The van der Waals surface area contributed by atoms with Crippen molar-refractivity contribution in [1.29, 1.82) is 5.26 Å². The summed E-state index contributed by atoms with van der Waals surface area (Å²) in [5.41, 5.74) is 0.537. The minimum absolute atomic E-state index is 0.0377. The summed E-state index contributed by atoms with van der Waals surface area (Å²) in [4.78, 5) is 21.8. The van der Waals surface area contributed by atoms with E-state index in [1.165, 1.54) is 0 Å². The van der Waals surface area contributed by atoms with Crippen molar-refractivity contribution in [2.24, 2.45) is 5.92 Å². The van der Waals surface area contributed by atoms with Crippen LogP contribution < -0.4 is 0 Å². The standard InChI is InChI=1S/C11H9NO2/c12-7-9(8-13)6-11(14)10-4-2-1-3-5-10/h1-5,8-9H,6H2. The maximum Gasteiger partial charge on any atom is 0.164 e. The number of rotatable bonds is 4. The van der Waals surface area contributed by atoms with E-state index in [-0.39, 0.29) is 12.2 Å². The Labute approximate surface area is 82.0 Å². The third kappa shape index (κ3) is 2.53. The molecule has 0 bridgehead atoms. The summed E-state index contributed by atoms with van der Waals surface area (Å²) >= 11 is 0. The minimum atomic E-state index is -0.831. The normalized spacial score (nSPS) is 11.4. The van der Waals surface area contributed by atoms with Crippen LogP contribution in [0.1, 0.15) is 16.8 Å². The van der Waals surface area contributed by atoms with Crippen molar-refractivity contribution in [2.75, 3.05) is 0 Å². The van der Waals surface area contributed by atoms with Gasteiger partial charge < -0.3 is 4.79 Å². The van der Waals surface area contributed by atoms with Crippen molar-refractivity contribution >= 4 is 12.1 Å². The summed E-state index contributed by atoms with van der Waals surface area (Å²) in [6.07, 6.45) is 0.463. The van der Waals surface area contributed by atoms with E-state index in [1.54, 1.807) is 36.4 Å². The van der Waals surface area contributed by atoms with Gasteiger partial charge in [-0.3, -0.25) is 4.79 Å². The fraction of sp³-hybridized carbons (Fsp3) is 0.182. The molecule has 0 aliphatic heterocycles. The van der Waals surface area contributed by atoms with Crippen LogP contribution in [0.2, 0.25) is 0 Å². The second-order valence-electron chi connectivity index (χ2n) is 2.87. The number of Topliss-reactive ketones (excluding diaryl/α,β-unsaturated/α-hetero) is 1. The lowest BCUT2D eigenvalue weighted by molar-refractivity contribution is -0.109. The molecule has 0 spiro atoms. The first-order chi connectivity index (χ1) is 6.77. The van der Waals surface area contributed by atoms with Crippen LogP contribution in [-0.2, 0) is 4.79 Å². The molecule has 1 rings (SSSR count). The molecular formula is C11H9NO2. The Morgan fingerprint density at radius 1 is 1.43 bits per heavy atom. The highest BCUT2D eigenvalue weighted by Gasteiger charge is 2.13. The fourth-order valence-electron chi connectivity index (χ4n) is 1.07. The van der Waals surface area contributed by atoms with Gasteiger partial charge in [-0.25, -0.2) is 0 Å². The van der Waals surface area contributed by atoms with E-state index in [1.807, 2.05) is 0 Å². The van der Waals surface area contributed by atoms with E-state index in [4.69, 9.17) is 5.26 Å². The Hall–Kier alpha value is -1.95. The molecule has 0 heterocycles. The van der Waals surface area contributed by atoms with Crippen LogP contribution in [0.5, 0.6) is 0 Å². The maximum atomic E-state index is 11.5. The number of aldehydes is 1. The lowest BCUT2D eigenvalue weighted by Crippen LogP contribution is -2.08. The average Bonchev–Trinajstić information content (AvgIpc) is 2.26. The largest absolute Gasteiger partial charge is 0.302 e. The van der Waals surface area contributed by atoms with Crippen LogP contribution in [0, 0.1) is 17.2 Å². The average molecular weight is 187 g/mol. The van der Waals surface area contributed by atoms with E-state index in [2.05, 4.69) is 0 Å². The van der Waals surface area contributed by atoms with Crippen molar-refractivity contribution < 1.29 is 9.59 Å². The van der Waals surface area contributed by atoms with Crippen LogP contribution in [0.4, 0.5) is 0 Å². The number of ketones is 1. The molecule has 1 atom stereocenters. The highest BCUT2D eigenvalue weighted by molar-refractivity contribution is 5.97. The Bertz CT molecular complexity index is 365. The first kappa shape index (κ1) is 10.1. The topological polar surface area (TPSA) is 57.9 Å². The second-order valence-corrected chi connectivity index (χ2v) is 2.87. The molecule has 0 N–H and O–H groups in total. The molecule has 0 saturated carbocycles. The molecule has 1 aromatic carbocycles.